The van der Waals surface area contributed by atoms with Crippen LogP contribution < -0.4 is 26.2 Å². The van der Waals surface area contributed by atoms with Crippen LogP contribution in [0.5, 0.6) is 0 Å². The van der Waals surface area contributed by atoms with E-state index in [1.807, 2.05) is 0 Å². The smallest absolute Gasteiger partial charge is 0.252 e. The first-order valence-electron chi connectivity index (χ1n) is 29.9. The fraction of sp³-hybridized carbons (Fsp3) is 0.165. The molecule has 0 unspecified atom stereocenters. The Bertz CT molecular complexity index is 4900. The van der Waals surface area contributed by atoms with Crippen molar-refractivity contribution < 1.29 is 4.42 Å². The van der Waals surface area contributed by atoms with Crippen LogP contribution >= 0.6 is 0 Å². The molecule has 0 saturated carbocycles. The van der Waals surface area contributed by atoms with Gasteiger partial charge in [-0.2, -0.15) is 0 Å². The van der Waals surface area contributed by atoms with E-state index in [-0.39, 0.29) is 23.0 Å². The van der Waals surface area contributed by atoms with E-state index in [2.05, 4.69) is 302 Å². The number of para-hydroxylation sites is 3. The van der Waals surface area contributed by atoms with Crippen LogP contribution in [0.1, 0.15) is 88.8 Å². The largest absolute Gasteiger partial charge is 0.456 e. The highest BCUT2D eigenvalue weighted by atomic mass is 16.3. The van der Waals surface area contributed by atoms with E-state index in [1.165, 1.54) is 133 Å². The standard InChI is InChI=1S/C79H66BN3O/c1-47-40-50(56-28-21-33-72-74(56)59-26-16-19-32-71(59)84-72)41-48(2)76(47)83-68-46-67-60(57-24-15-18-31-65(57)81(67)53-22-12-11-13-23-53)45-64(68)80-63-42-51(77(3,4)5)36-39-66(63)82(69-43-52(78(6,7)8)44-70(83)75(69)80)54-37-34-49(35-38-54)55-27-20-30-62-73(55)58-25-14-17-29-61(58)79(62,9)10/h11-46H,1-10H3. The SMILES string of the molecule is Cc1cc(-c2cccc3oc4ccccc4c23)cc(C)c1N1c2cc3c(cc2B2c4cc(C(C)(C)C)ccc4N(c4ccc(-c5cccc6c5-c5ccccc5C6(C)C)cc4)c4cc(C(C)(C)C)cc1c42)c1ccccc1n3-c1ccccc1. The molecule has 11 aromatic carbocycles. The van der Waals surface area contributed by atoms with Gasteiger partial charge in [0.1, 0.15) is 11.2 Å². The molecule has 16 rings (SSSR count). The zero-order chi connectivity index (χ0) is 57.3. The fourth-order valence-electron chi connectivity index (χ4n) is 15.0. The monoisotopic (exact) mass is 1080 g/mol. The molecule has 4 nitrogen and oxygen atoms in total. The van der Waals surface area contributed by atoms with E-state index in [0.29, 0.717) is 0 Å². The lowest BCUT2D eigenvalue weighted by Crippen LogP contribution is -2.61. The third kappa shape index (κ3) is 7.27. The number of nitrogens with zero attached hydrogens (tertiary/aromatic N) is 3. The van der Waals surface area contributed by atoms with E-state index in [9.17, 15) is 0 Å². The summed E-state index contributed by atoms with van der Waals surface area (Å²) < 4.78 is 8.97. The van der Waals surface area contributed by atoms with Gasteiger partial charge in [0, 0.05) is 61.1 Å². The topological polar surface area (TPSA) is 24.6 Å². The van der Waals surface area contributed by atoms with Gasteiger partial charge in [-0.25, -0.2) is 0 Å². The lowest BCUT2D eigenvalue weighted by atomic mass is 9.33. The second-order valence-corrected chi connectivity index (χ2v) is 26.6. The second-order valence-electron chi connectivity index (χ2n) is 26.6. The van der Waals surface area contributed by atoms with Gasteiger partial charge in [0.15, 0.2) is 0 Å². The van der Waals surface area contributed by atoms with Gasteiger partial charge < -0.3 is 18.8 Å². The van der Waals surface area contributed by atoms with E-state index in [0.717, 1.165) is 33.3 Å². The molecular formula is C79H66BN3O. The number of benzene rings is 11. The highest BCUT2D eigenvalue weighted by Gasteiger charge is 2.46. The Morgan fingerprint density at radius 2 is 1.04 bits per heavy atom. The van der Waals surface area contributed by atoms with Crippen molar-refractivity contribution in [2.45, 2.75) is 85.5 Å². The zero-order valence-corrected chi connectivity index (χ0v) is 49.6. The van der Waals surface area contributed by atoms with Gasteiger partial charge in [-0.15, -0.1) is 0 Å². The minimum absolute atomic E-state index is 0.0837. The van der Waals surface area contributed by atoms with Crippen molar-refractivity contribution in [2.75, 3.05) is 9.80 Å². The third-order valence-corrected chi connectivity index (χ3v) is 19.1. The number of aryl methyl sites for hydroxylation is 2. The molecule has 0 fully saturated rings. The first-order chi connectivity index (χ1) is 40.5. The van der Waals surface area contributed by atoms with Crippen molar-refractivity contribution in [1.82, 2.24) is 4.57 Å². The Labute approximate surface area is 493 Å². The maximum absolute atomic E-state index is 6.48. The van der Waals surface area contributed by atoms with E-state index in [4.69, 9.17) is 4.42 Å². The van der Waals surface area contributed by atoms with Crippen LogP contribution in [0.25, 0.3) is 82.8 Å². The molecular weight excluding hydrogens is 1020 g/mol. The first-order valence-corrected chi connectivity index (χ1v) is 29.9. The average Bonchev–Trinajstić information content (AvgIpc) is 0.855. The minimum atomic E-state index is -0.194. The minimum Gasteiger partial charge on any atom is -0.456 e. The second kappa shape index (κ2) is 17.8. The molecule has 0 saturated heterocycles. The van der Waals surface area contributed by atoms with Crippen LogP contribution in [0.3, 0.4) is 0 Å². The molecule has 1 aliphatic carbocycles. The quantitative estimate of drug-likeness (QED) is 0.161. The summed E-state index contributed by atoms with van der Waals surface area (Å²) >= 11 is 0. The fourth-order valence-corrected chi connectivity index (χ4v) is 15.0. The lowest BCUT2D eigenvalue weighted by molar-refractivity contribution is 0.590. The molecule has 4 heterocycles. The molecule has 0 amide bonds. The van der Waals surface area contributed by atoms with Crippen molar-refractivity contribution in [2.24, 2.45) is 0 Å². The summed E-state index contributed by atoms with van der Waals surface area (Å²) in [6, 6.07) is 82.7. The highest BCUT2D eigenvalue weighted by molar-refractivity contribution is 7.00. The number of fused-ring (bicyclic) bond motifs is 13. The Balaban J connectivity index is 0.979. The molecule has 0 bridgehead atoms. The first kappa shape index (κ1) is 50.4. The molecule has 406 valence electrons. The van der Waals surface area contributed by atoms with Crippen molar-refractivity contribution >= 4 is 101 Å². The number of hydrogen-bond acceptors (Lipinski definition) is 3. The van der Waals surface area contributed by atoms with E-state index >= 15 is 0 Å². The average molecular weight is 1080 g/mol. The summed E-state index contributed by atoms with van der Waals surface area (Å²) in [7, 11) is 0. The number of anilines is 6. The van der Waals surface area contributed by atoms with Crippen molar-refractivity contribution in [3.63, 3.8) is 0 Å². The summed E-state index contributed by atoms with van der Waals surface area (Å²) in [4.78, 5) is 5.27. The number of hydrogen-bond donors (Lipinski definition) is 0. The Kier molecular flexibility index (Phi) is 10.7. The van der Waals surface area contributed by atoms with Crippen molar-refractivity contribution in [3.05, 3.63) is 252 Å². The molecule has 0 atom stereocenters. The molecule has 0 N–H and O–H groups in total. The molecule has 13 aromatic rings. The summed E-state index contributed by atoms with van der Waals surface area (Å²) in [6.45, 7) is 23.5. The molecule has 2 aliphatic heterocycles. The number of rotatable bonds is 5. The Hall–Kier alpha value is -9.32. The Morgan fingerprint density at radius 3 is 1.80 bits per heavy atom. The summed E-state index contributed by atoms with van der Waals surface area (Å²) in [5.74, 6) is 0. The van der Waals surface area contributed by atoms with Gasteiger partial charge in [-0.1, -0.05) is 195 Å². The predicted molar refractivity (Wildman–Crippen MR) is 357 cm³/mol. The van der Waals surface area contributed by atoms with Gasteiger partial charge in [0.25, 0.3) is 6.71 Å². The van der Waals surface area contributed by atoms with Gasteiger partial charge in [0.2, 0.25) is 0 Å². The van der Waals surface area contributed by atoms with Crippen LogP contribution in [-0.2, 0) is 16.2 Å². The highest BCUT2D eigenvalue weighted by Crippen LogP contribution is 2.54. The maximum atomic E-state index is 6.48. The maximum Gasteiger partial charge on any atom is 0.252 e. The van der Waals surface area contributed by atoms with Gasteiger partial charge in [0.05, 0.1) is 16.7 Å². The number of furan rings is 1. The van der Waals surface area contributed by atoms with Crippen LogP contribution in [0.2, 0.25) is 0 Å². The van der Waals surface area contributed by atoms with Crippen molar-refractivity contribution in [1.29, 1.82) is 0 Å². The molecule has 84 heavy (non-hydrogen) atoms. The zero-order valence-electron chi connectivity index (χ0n) is 49.6. The van der Waals surface area contributed by atoms with E-state index in [1.54, 1.807) is 0 Å². The molecule has 0 radical (unpaired) electrons. The molecule has 5 heteroatoms. The summed E-state index contributed by atoms with van der Waals surface area (Å²) in [5, 5.41) is 4.78. The van der Waals surface area contributed by atoms with Gasteiger partial charge in [-0.3, -0.25) is 0 Å². The van der Waals surface area contributed by atoms with E-state index < -0.39 is 0 Å². The molecule has 0 spiro atoms. The number of aromatic nitrogens is 1. The van der Waals surface area contributed by atoms with Gasteiger partial charge in [-0.05, 0) is 187 Å². The van der Waals surface area contributed by atoms with Crippen LogP contribution in [0.4, 0.5) is 34.1 Å². The molecule has 3 aliphatic rings. The predicted octanol–water partition coefficient (Wildman–Crippen LogP) is 19.6. The third-order valence-electron chi connectivity index (χ3n) is 19.1. The van der Waals surface area contributed by atoms with Crippen LogP contribution in [0.15, 0.2) is 223 Å². The normalized spacial score (nSPS) is 14.1. The summed E-state index contributed by atoms with van der Waals surface area (Å²) in [5.41, 5.74) is 31.4. The van der Waals surface area contributed by atoms with Crippen molar-refractivity contribution in [3.8, 4) is 39.1 Å². The van der Waals surface area contributed by atoms with Crippen LogP contribution in [0, 0.1) is 13.8 Å². The molecule has 2 aromatic heterocycles. The summed E-state index contributed by atoms with van der Waals surface area (Å²) in [6.07, 6.45) is 0. The van der Waals surface area contributed by atoms with Gasteiger partial charge >= 0.3 is 0 Å². The van der Waals surface area contributed by atoms with Crippen LogP contribution in [-0.4, -0.2) is 11.3 Å². The Morgan fingerprint density at radius 1 is 0.417 bits per heavy atom. The lowest BCUT2D eigenvalue weighted by Gasteiger charge is -2.46.